The molecule has 6 bridgehead atoms. The van der Waals surface area contributed by atoms with Crippen LogP contribution in [0.25, 0.3) is 0 Å². The number of methoxy groups -OCH3 is 1. The summed E-state index contributed by atoms with van der Waals surface area (Å²) >= 11 is 0. The Morgan fingerprint density at radius 2 is 1.66 bits per heavy atom. The van der Waals surface area contributed by atoms with Crippen LogP contribution in [0.1, 0.15) is 124 Å². The van der Waals surface area contributed by atoms with Crippen molar-refractivity contribution in [1.29, 1.82) is 0 Å². The van der Waals surface area contributed by atoms with Gasteiger partial charge in [0.1, 0.15) is 12.7 Å². The minimum Gasteiger partial charge on any atom is -0.466 e. The summed E-state index contributed by atoms with van der Waals surface area (Å²) < 4.78 is 47.3. The van der Waals surface area contributed by atoms with E-state index in [0.717, 1.165) is 44.6 Å². The zero-order valence-corrected chi connectivity index (χ0v) is 34.7. The highest BCUT2D eigenvalue weighted by Crippen LogP contribution is 2.47. The number of fused-ring (bicyclic) bond motifs is 6. The lowest BCUT2D eigenvalue weighted by atomic mass is 9.74. The van der Waals surface area contributed by atoms with Gasteiger partial charge in [0.25, 0.3) is 0 Å². The molecular weight excluding hydrogens is 756 g/mol. The molecule has 0 aliphatic carbocycles. The summed E-state index contributed by atoms with van der Waals surface area (Å²) in [6.45, 7) is 8.47. The molecule has 0 aromatic rings. The Balaban J connectivity index is 1.74. The van der Waals surface area contributed by atoms with Gasteiger partial charge >= 0.3 is 23.9 Å². The summed E-state index contributed by atoms with van der Waals surface area (Å²) in [5.41, 5.74) is -1.22. The van der Waals surface area contributed by atoms with Crippen LogP contribution in [0, 0.1) is 5.41 Å². The van der Waals surface area contributed by atoms with Crippen molar-refractivity contribution in [3.63, 3.8) is 0 Å². The first-order valence-electron chi connectivity index (χ1n) is 21.0. The maximum atomic E-state index is 13.4. The molecule has 3 saturated heterocycles. The molecular formula is C43H66O15. The van der Waals surface area contributed by atoms with Gasteiger partial charge in [0.05, 0.1) is 63.2 Å². The molecule has 0 aromatic heterocycles. The summed E-state index contributed by atoms with van der Waals surface area (Å²) in [5, 5.41) is 34.0. The van der Waals surface area contributed by atoms with Crippen molar-refractivity contribution in [3.8, 4) is 0 Å². The summed E-state index contributed by atoms with van der Waals surface area (Å²) in [6, 6.07) is 0. The standard InChI is InChI=1S/C43H66O15/c1-6-8-9-10-11-15-36(46)57-41-28(20-37(47)51-5)19-34-25-35(27-44)54-39(49)22-29(45)21-30-13-12-14-31(53-30)23-32-24-33(26-38(48)52-18-7-2)56-40(55-32)16-17-42(3,4)43(41,50)58-34/h7,16-17,20,29-35,40-41,44-45,50H,2,6,8-15,18-19,21-27H2,1,3-5H3/t29-,30+,31?,32?,33-,34+,35-,40-,41+,43-/m1/s1. The number of rotatable bonds is 13. The maximum Gasteiger partial charge on any atom is 0.330 e. The molecule has 3 N–H and O–H groups in total. The largest absolute Gasteiger partial charge is 0.466 e. The average Bonchev–Trinajstić information content (AvgIpc) is 3.16. The molecule has 0 amide bonds. The maximum absolute atomic E-state index is 13.4. The number of carbonyl (C=O) groups excluding carboxylic acids is 4. The minimum atomic E-state index is -2.35. The highest BCUT2D eigenvalue weighted by Gasteiger charge is 2.57. The zero-order chi connectivity index (χ0) is 42.3. The number of hydrogen-bond donors (Lipinski definition) is 3. The van der Waals surface area contributed by atoms with E-state index in [1.54, 1.807) is 26.0 Å². The van der Waals surface area contributed by atoms with Gasteiger partial charge in [-0.3, -0.25) is 14.4 Å². The van der Waals surface area contributed by atoms with Crippen LogP contribution in [0.2, 0.25) is 0 Å². The molecule has 328 valence electrons. The minimum absolute atomic E-state index is 0.0449. The van der Waals surface area contributed by atoms with E-state index < -0.39 is 84.6 Å². The Hall–Kier alpha value is -3.18. The van der Waals surface area contributed by atoms with Gasteiger partial charge in [-0.25, -0.2) is 4.79 Å². The fourth-order valence-electron chi connectivity index (χ4n) is 8.08. The van der Waals surface area contributed by atoms with Crippen molar-refractivity contribution >= 4 is 23.9 Å². The smallest absolute Gasteiger partial charge is 0.330 e. The zero-order valence-electron chi connectivity index (χ0n) is 34.7. The Kier molecular flexibility index (Phi) is 18.8. The number of ether oxygens (including phenoxy) is 8. The van der Waals surface area contributed by atoms with Gasteiger partial charge in [-0.2, -0.15) is 0 Å². The van der Waals surface area contributed by atoms with E-state index in [2.05, 4.69) is 13.5 Å². The summed E-state index contributed by atoms with van der Waals surface area (Å²) in [4.78, 5) is 52.0. The third kappa shape index (κ3) is 14.2. The molecule has 4 heterocycles. The quantitative estimate of drug-likeness (QED) is 0.0750. The number of cyclic esters (lactones) is 1. The van der Waals surface area contributed by atoms with E-state index in [4.69, 9.17) is 37.9 Å². The lowest BCUT2D eigenvalue weighted by Crippen LogP contribution is -2.62. The Bertz CT molecular complexity index is 1430. The predicted octanol–water partition coefficient (Wildman–Crippen LogP) is 4.81. The van der Waals surface area contributed by atoms with Crippen LogP contribution in [-0.2, 0) is 57.1 Å². The number of unbranched alkanes of at least 4 members (excludes halogenated alkanes) is 4. The predicted molar refractivity (Wildman–Crippen MR) is 209 cm³/mol. The molecule has 4 aliphatic heterocycles. The Morgan fingerprint density at radius 3 is 2.36 bits per heavy atom. The van der Waals surface area contributed by atoms with E-state index >= 15 is 0 Å². The molecule has 15 nitrogen and oxygen atoms in total. The van der Waals surface area contributed by atoms with E-state index in [9.17, 15) is 34.5 Å². The summed E-state index contributed by atoms with van der Waals surface area (Å²) in [7, 11) is 1.20. The molecule has 4 rings (SSSR count). The van der Waals surface area contributed by atoms with Crippen LogP contribution in [0.4, 0.5) is 0 Å². The number of esters is 4. The van der Waals surface area contributed by atoms with Crippen LogP contribution in [0.3, 0.4) is 0 Å². The second-order valence-corrected chi connectivity index (χ2v) is 16.5. The van der Waals surface area contributed by atoms with Crippen molar-refractivity contribution in [2.24, 2.45) is 5.41 Å². The van der Waals surface area contributed by atoms with Crippen molar-refractivity contribution < 1.29 is 72.4 Å². The third-order valence-electron chi connectivity index (χ3n) is 11.2. The van der Waals surface area contributed by atoms with Crippen LogP contribution < -0.4 is 0 Å². The first kappa shape index (κ1) is 47.5. The first-order valence-corrected chi connectivity index (χ1v) is 21.0. The fourth-order valence-corrected chi connectivity index (χ4v) is 8.08. The van der Waals surface area contributed by atoms with Crippen molar-refractivity contribution in [3.05, 3.63) is 36.5 Å². The Labute approximate surface area is 342 Å². The normalized spacial score (nSPS) is 33.9. The van der Waals surface area contributed by atoms with Crippen LogP contribution in [-0.4, -0.2) is 120 Å². The van der Waals surface area contributed by atoms with E-state index in [1.165, 1.54) is 13.2 Å². The van der Waals surface area contributed by atoms with Gasteiger partial charge < -0.3 is 53.2 Å². The summed E-state index contributed by atoms with van der Waals surface area (Å²) in [6.07, 6.45) is 5.95. The van der Waals surface area contributed by atoms with Gasteiger partial charge in [-0.15, -0.1) is 0 Å². The highest BCUT2D eigenvalue weighted by atomic mass is 16.7. The SMILES string of the molecule is C=CCOC(=O)C[C@H]1CC2CC3CCC[C@@H](C[C@@H](O)CC(=O)O[C@@H](CO)C[C@@H]4CC(=CC(=O)OC)[C@H](OC(=O)CCCCCCC)[C@@](O)(O4)C(C)(C)C=C[C@H](O2)O1)O3. The van der Waals surface area contributed by atoms with Gasteiger partial charge in [-0.05, 0) is 43.8 Å². The van der Waals surface area contributed by atoms with Gasteiger partial charge in [0.15, 0.2) is 12.4 Å². The average molecular weight is 823 g/mol. The van der Waals surface area contributed by atoms with Gasteiger partial charge in [-0.1, -0.05) is 65.2 Å². The van der Waals surface area contributed by atoms with E-state index in [0.29, 0.717) is 25.7 Å². The number of hydrogen-bond acceptors (Lipinski definition) is 15. The van der Waals surface area contributed by atoms with E-state index in [-0.39, 0.29) is 62.9 Å². The molecule has 3 fully saturated rings. The van der Waals surface area contributed by atoms with Crippen LogP contribution in [0.15, 0.2) is 36.5 Å². The highest BCUT2D eigenvalue weighted by molar-refractivity contribution is 5.83. The number of aliphatic hydroxyl groups excluding tert-OH is 2. The monoisotopic (exact) mass is 822 g/mol. The molecule has 2 unspecified atom stereocenters. The summed E-state index contributed by atoms with van der Waals surface area (Å²) in [5.74, 6) is -4.90. The number of aliphatic hydroxyl groups is 3. The van der Waals surface area contributed by atoms with Gasteiger partial charge in [0, 0.05) is 43.6 Å². The topological polar surface area (TPSA) is 203 Å². The lowest BCUT2D eigenvalue weighted by molar-refractivity contribution is -0.327. The molecule has 4 aliphatic rings. The van der Waals surface area contributed by atoms with Crippen molar-refractivity contribution in [2.45, 2.75) is 184 Å². The lowest BCUT2D eigenvalue weighted by Gasteiger charge is -2.51. The first-order chi connectivity index (χ1) is 27.7. The molecule has 0 aromatic carbocycles. The van der Waals surface area contributed by atoms with Crippen molar-refractivity contribution in [1.82, 2.24) is 0 Å². The van der Waals surface area contributed by atoms with Crippen molar-refractivity contribution in [2.75, 3.05) is 20.3 Å². The molecule has 0 spiro atoms. The molecule has 0 saturated carbocycles. The second kappa shape index (κ2) is 23.0. The molecule has 15 heteroatoms. The molecule has 58 heavy (non-hydrogen) atoms. The fraction of sp³-hybridized carbons (Fsp3) is 0.767. The number of carbonyl (C=O) groups is 4. The van der Waals surface area contributed by atoms with Gasteiger partial charge in [0.2, 0.25) is 5.79 Å². The van der Waals surface area contributed by atoms with E-state index in [1.807, 2.05) is 0 Å². The molecule has 0 radical (unpaired) electrons. The van der Waals surface area contributed by atoms with Crippen LogP contribution in [0.5, 0.6) is 0 Å². The Morgan fingerprint density at radius 1 is 0.931 bits per heavy atom. The van der Waals surface area contributed by atoms with Crippen LogP contribution >= 0.6 is 0 Å². The molecule has 10 atom stereocenters. The second-order valence-electron chi connectivity index (χ2n) is 16.5. The third-order valence-corrected chi connectivity index (χ3v) is 11.2.